The van der Waals surface area contributed by atoms with Gasteiger partial charge in [0.05, 0.1) is 0 Å². The minimum atomic E-state index is -4.87. The molecule has 0 aliphatic rings. The third-order valence-corrected chi connectivity index (χ3v) is 3.78. The van der Waals surface area contributed by atoms with Gasteiger partial charge in [0.1, 0.15) is 0 Å². The first-order valence-corrected chi connectivity index (χ1v) is 7.43. The third-order valence-electron chi connectivity index (χ3n) is 3.53. The predicted octanol–water partition coefficient (Wildman–Crippen LogP) is 4.92. The van der Waals surface area contributed by atoms with Crippen molar-refractivity contribution in [1.82, 2.24) is 0 Å². The quantitative estimate of drug-likeness (QED) is 0.611. The number of ketones is 1. The van der Waals surface area contributed by atoms with E-state index < -0.39 is 24.0 Å². The van der Waals surface area contributed by atoms with Gasteiger partial charge in [0, 0.05) is 17.0 Å². The highest BCUT2D eigenvalue weighted by Crippen LogP contribution is 2.41. The molecule has 0 aromatic heterocycles. The minimum absolute atomic E-state index is 0.277. The van der Waals surface area contributed by atoms with Crippen LogP contribution in [0.25, 0.3) is 0 Å². The highest BCUT2D eigenvalue weighted by Gasteiger charge is 2.53. The average Bonchev–Trinajstić information content (AvgIpc) is 2.55. The molecule has 0 aliphatic heterocycles. The van der Waals surface area contributed by atoms with Gasteiger partial charge in [-0.25, -0.2) is 0 Å². The summed E-state index contributed by atoms with van der Waals surface area (Å²) in [5.74, 6) is -0.468. The molecule has 0 saturated heterocycles. The van der Waals surface area contributed by atoms with Crippen LogP contribution in [0.5, 0.6) is 0 Å². The van der Waals surface area contributed by atoms with E-state index in [1.165, 1.54) is 48.5 Å². The fourth-order valence-electron chi connectivity index (χ4n) is 2.16. The molecular formula is C18H14ClF3O2. The first kappa shape index (κ1) is 18.2. The number of halogens is 4. The van der Waals surface area contributed by atoms with Crippen LogP contribution in [0.2, 0.25) is 5.02 Å². The van der Waals surface area contributed by atoms with Crippen molar-refractivity contribution in [3.8, 4) is 0 Å². The summed E-state index contributed by atoms with van der Waals surface area (Å²) in [6, 6.07) is 12.7. The summed E-state index contributed by atoms with van der Waals surface area (Å²) in [7, 11) is 0. The fourth-order valence-corrected chi connectivity index (χ4v) is 2.28. The van der Waals surface area contributed by atoms with E-state index in [2.05, 4.69) is 0 Å². The van der Waals surface area contributed by atoms with Crippen molar-refractivity contribution in [3.63, 3.8) is 0 Å². The molecule has 2 nitrogen and oxygen atoms in total. The number of hydrogen-bond acceptors (Lipinski definition) is 2. The molecular weight excluding hydrogens is 341 g/mol. The molecule has 2 rings (SSSR count). The van der Waals surface area contributed by atoms with Gasteiger partial charge in [-0.2, -0.15) is 13.2 Å². The Morgan fingerprint density at radius 2 is 1.62 bits per heavy atom. The van der Waals surface area contributed by atoms with E-state index >= 15 is 0 Å². The first-order valence-electron chi connectivity index (χ1n) is 7.05. The van der Waals surface area contributed by atoms with Crippen molar-refractivity contribution in [2.45, 2.75) is 18.2 Å². The summed E-state index contributed by atoms with van der Waals surface area (Å²) >= 11 is 5.71. The smallest absolute Gasteiger partial charge is 0.376 e. The van der Waals surface area contributed by atoms with Crippen LogP contribution in [0.3, 0.4) is 0 Å². The zero-order valence-electron chi connectivity index (χ0n) is 12.4. The number of aliphatic hydroxyl groups is 1. The van der Waals surface area contributed by atoms with Gasteiger partial charge in [0.15, 0.2) is 11.4 Å². The van der Waals surface area contributed by atoms with Crippen molar-refractivity contribution < 1.29 is 23.1 Å². The molecule has 6 heteroatoms. The standard InChI is InChI=1S/C18H14ClF3O2/c19-15-10-8-13(9-11-15)16(23)7-4-12-17(24,18(20,21)22)14-5-2-1-3-6-14/h1-11,24H,12H2/b7-4+/t17-/m0/s1. The van der Waals surface area contributed by atoms with Crippen LogP contribution in [0.1, 0.15) is 22.3 Å². The van der Waals surface area contributed by atoms with Crippen LogP contribution in [-0.2, 0) is 5.60 Å². The number of rotatable bonds is 5. The van der Waals surface area contributed by atoms with E-state index in [0.29, 0.717) is 10.6 Å². The number of alkyl halides is 3. The molecule has 0 bridgehead atoms. The van der Waals surface area contributed by atoms with Gasteiger partial charge < -0.3 is 5.11 Å². The second-order valence-electron chi connectivity index (χ2n) is 5.20. The van der Waals surface area contributed by atoms with Crippen molar-refractivity contribution in [3.05, 3.63) is 82.9 Å². The minimum Gasteiger partial charge on any atom is -0.376 e. The lowest BCUT2D eigenvalue weighted by atomic mass is 9.89. The Balaban J connectivity index is 2.19. The van der Waals surface area contributed by atoms with Crippen LogP contribution < -0.4 is 0 Å². The van der Waals surface area contributed by atoms with Gasteiger partial charge in [-0.1, -0.05) is 48.0 Å². The normalized spacial score (nSPS) is 14.5. The zero-order chi connectivity index (χ0) is 17.8. The van der Waals surface area contributed by atoms with Crippen molar-refractivity contribution >= 4 is 17.4 Å². The zero-order valence-corrected chi connectivity index (χ0v) is 13.2. The summed E-state index contributed by atoms with van der Waals surface area (Å²) in [6.07, 6.45) is -3.60. The second kappa shape index (κ2) is 7.20. The molecule has 0 spiro atoms. The number of allylic oxidation sites excluding steroid dienone is 1. The maximum Gasteiger partial charge on any atom is 0.421 e. The summed E-state index contributed by atoms with van der Waals surface area (Å²) in [5, 5.41) is 10.6. The lowest BCUT2D eigenvalue weighted by Crippen LogP contribution is -2.41. The Morgan fingerprint density at radius 1 is 1.04 bits per heavy atom. The molecule has 0 saturated carbocycles. The number of carbonyl (C=O) groups excluding carboxylic acids is 1. The van der Waals surface area contributed by atoms with Crippen LogP contribution in [0.15, 0.2) is 66.7 Å². The van der Waals surface area contributed by atoms with E-state index in [9.17, 15) is 23.1 Å². The van der Waals surface area contributed by atoms with Gasteiger partial charge >= 0.3 is 6.18 Å². The molecule has 0 amide bonds. The monoisotopic (exact) mass is 354 g/mol. The lowest BCUT2D eigenvalue weighted by Gasteiger charge is -2.30. The molecule has 0 aliphatic carbocycles. The SMILES string of the molecule is O=C(/C=C/C[C@](O)(c1ccccc1)C(F)(F)F)c1ccc(Cl)cc1. The Labute approximate surface area is 142 Å². The van der Waals surface area contributed by atoms with Gasteiger partial charge in [-0.15, -0.1) is 0 Å². The maximum atomic E-state index is 13.3. The van der Waals surface area contributed by atoms with Gasteiger partial charge in [0.2, 0.25) is 0 Å². The number of hydrogen-bond donors (Lipinski definition) is 1. The first-order chi connectivity index (χ1) is 11.2. The third kappa shape index (κ3) is 4.04. The molecule has 2 aromatic rings. The van der Waals surface area contributed by atoms with Gasteiger partial charge in [-0.05, 0) is 35.9 Å². The average molecular weight is 355 g/mol. The van der Waals surface area contributed by atoms with E-state index in [-0.39, 0.29) is 5.56 Å². The van der Waals surface area contributed by atoms with Gasteiger partial charge in [0.25, 0.3) is 0 Å². The Bertz CT molecular complexity index is 724. The van der Waals surface area contributed by atoms with E-state index in [1.807, 2.05) is 0 Å². The van der Waals surface area contributed by atoms with Crippen LogP contribution in [0.4, 0.5) is 13.2 Å². The number of carbonyl (C=O) groups is 1. The molecule has 0 fully saturated rings. The van der Waals surface area contributed by atoms with Gasteiger partial charge in [-0.3, -0.25) is 4.79 Å². The molecule has 1 N–H and O–H groups in total. The lowest BCUT2D eigenvalue weighted by molar-refractivity contribution is -0.265. The molecule has 0 radical (unpaired) electrons. The summed E-state index contributed by atoms with van der Waals surface area (Å²) in [4.78, 5) is 11.9. The van der Waals surface area contributed by atoms with E-state index in [0.717, 1.165) is 12.2 Å². The maximum absolute atomic E-state index is 13.3. The van der Waals surface area contributed by atoms with Crippen molar-refractivity contribution in [2.75, 3.05) is 0 Å². The van der Waals surface area contributed by atoms with Crippen molar-refractivity contribution in [2.24, 2.45) is 0 Å². The molecule has 126 valence electrons. The van der Waals surface area contributed by atoms with Crippen molar-refractivity contribution in [1.29, 1.82) is 0 Å². The van der Waals surface area contributed by atoms with Crippen LogP contribution in [0, 0.1) is 0 Å². The highest BCUT2D eigenvalue weighted by molar-refractivity contribution is 6.30. The fraction of sp³-hybridized carbons (Fsp3) is 0.167. The Kier molecular flexibility index (Phi) is 5.47. The summed E-state index contributed by atoms with van der Waals surface area (Å²) < 4.78 is 39.9. The van der Waals surface area contributed by atoms with Crippen LogP contribution in [-0.4, -0.2) is 17.1 Å². The molecule has 0 unspecified atom stereocenters. The largest absolute Gasteiger partial charge is 0.421 e. The van der Waals surface area contributed by atoms with E-state index in [4.69, 9.17) is 11.6 Å². The molecule has 2 aromatic carbocycles. The van der Waals surface area contributed by atoms with E-state index in [1.54, 1.807) is 6.07 Å². The highest BCUT2D eigenvalue weighted by atomic mass is 35.5. The Hall–Kier alpha value is -2.11. The molecule has 1 atom stereocenters. The predicted molar refractivity (Wildman–Crippen MR) is 85.9 cm³/mol. The summed E-state index contributed by atoms with van der Waals surface area (Å²) in [5.41, 5.74) is -3.03. The Morgan fingerprint density at radius 3 is 2.17 bits per heavy atom. The second-order valence-corrected chi connectivity index (χ2v) is 5.64. The molecule has 0 heterocycles. The number of benzene rings is 2. The summed E-state index contributed by atoms with van der Waals surface area (Å²) in [6.45, 7) is 0. The van der Waals surface area contributed by atoms with Crippen LogP contribution >= 0.6 is 11.6 Å². The topological polar surface area (TPSA) is 37.3 Å². The molecule has 24 heavy (non-hydrogen) atoms.